The van der Waals surface area contributed by atoms with Crippen molar-refractivity contribution in [1.82, 2.24) is 10.2 Å². The highest BCUT2D eigenvalue weighted by molar-refractivity contribution is 5.44. The fraction of sp³-hybridized carbons (Fsp3) is 0.600. The van der Waals surface area contributed by atoms with Crippen LogP contribution in [0.25, 0.3) is 0 Å². The van der Waals surface area contributed by atoms with Gasteiger partial charge in [-0.3, -0.25) is 0 Å². The minimum absolute atomic E-state index is 0.740. The number of rotatable bonds is 10. The molecule has 0 aliphatic rings. The van der Waals surface area contributed by atoms with Crippen LogP contribution in [0.3, 0.4) is 0 Å². The number of ether oxygens (including phenoxy) is 3. The van der Waals surface area contributed by atoms with Crippen LogP contribution >= 0.6 is 0 Å². The predicted molar refractivity (Wildman–Crippen MR) is 80.6 cm³/mol. The van der Waals surface area contributed by atoms with E-state index in [1.807, 2.05) is 18.2 Å². The zero-order valence-electron chi connectivity index (χ0n) is 12.9. The first-order valence-corrected chi connectivity index (χ1v) is 6.81. The summed E-state index contributed by atoms with van der Waals surface area (Å²) in [7, 11) is 7.17. The van der Waals surface area contributed by atoms with E-state index in [0.717, 1.165) is 49.8 Å². The molecule has 0 aromatic heterocycles. The highest BCUT2D eigenvalue weighted by Crippen LogP contribution is 2.29. The molecule has 0 aliphatic heterocycles. The van der Waals surface area contributed by atoms with E-state index < -0.39 is 0 Å². The third kappa shape index (κ3) is 5.36. The molecule has 0 unspecified atom stereocenters. The molecule has 114 valence electrons. The van der Waals surface area contributed by atoms with Gasteiger partial charge in [-0.1, -0.05) is 6.07 Å². The Labute approximate surface area is 121 Å². The Morgan fingerprint density at radius 2 is 1.70 bits per heavy atom. The van der Waals surface area contributed by atoms with Gasteiger partial charge >= 0.3 is 0 Å². The van der Waals surface area contributed by atoms with Gasteiger partial charge in [0.05, 0.1) is 26.4 Å². The molecule has 20 heavy (non-hydrogen) atoms. The molecule has 0 fully saturated rings. The molecule has 0 spiro atoms. The molecule has 1 rings (SSSR count). The molecule has 0 atom stereocenters. The Morgan fingerprint density at radius 1 is 1.05 bits per heavy atom. The summed E-state index contributed by atoms with van der Waals surface area (Å²) in [6, 6.07) is 5.86. The van der Waals surface area contributed by atoms with Gasteiger partial charge in [0.1, 0.15) is 11.5 Å². The summed E-state index contributed by atoms with van der Waals surface area (Å²) in [6.07, 6.45) is 0. The van der Waals surface area contributed by atoms with Crippen LogP contribution in [0, 0.1) is 0 Å². The van der Waals surface area contributed by atoms with Crippen LogP contribution in [0.4, 0.5) is 0 Å². The lowest BCUT2D eigenvalue weighted by atomic mass is 10.1. The van der Waals surface area contributed by atoms with Gasteiger partial charge in [-0.05, 0) is 19.2 Å². The number of nitrogens with zero attached hydrogens (tertiary/aromatic N) is 1. The lowest BCUT2D eigenvalue weighted by Gasteiger charge is -2.20. The second kappa shape index (κ2) is 9.58. The predicted octanol–water partition coefficient (Wildman–Crippen LogP) is 1.37. The van der Waals surface area contributed by atoms with E-state index in [1.165, 1.54) is 0 Å². The van der Waals surface area contributed by atoms with Crippen LogP contribution in [-0.2, 0) is 11.3 Å². The zero-order valence-corrected chi connectivity index (χ0v) is 12.9. The number of hydrogen-bond donors (Lipinski definition) is 1. The van der Waals surface area contributed by atoms with Crippen LogP contribution in [0.15, 0.2) is 18.2 Å². The molecule has 1 aromatic rings. The van der Waals surface area contributed by atoms with Crippen molar-refractivity contribution in [2.45, 2.75) is 6.54 Å². The summed E-state index contributed by atoms with van der Waals surface area (Å²) in [6.45, 7) is 4.29. The van der Waals surface area contributed by atoms with Crippen molar-refractivity contribution >= 4 is 0 Å². The maximum Gasteiger partial charge on any atom is 0.127 e. The van der Waals surface area contributed by atoms with Crippen molar-refractivity contribution in [2.75, 3.05) is 54.6 Å². The Bertz CT molecular complexity index is 363. The molecule has 5 nitrogen and oxygen atoms in total. The summed E-state index contributed by atoms with van der Waals surface area (Å²) in [5, 5.41) is 3.33. The van der Waals surface area contributed by atoms with Gasteiger partial charge < -0.3 is 24.4 Å². The van der Waals surface area contributed by atoms with Crippen molar-refractivity contribution in [3.05, 3.63) is 23.8 Å². The van der Waals surface area contributed by atoms with Gasteiger partial charge in [0.2, 0.25) is 0 Å². The summed E-state index contributed by atoms with van der Waals surface area (Å²) < 4.78 is 15.8. The second-order valence-corrected chi connectivity index (χ2v) is 4.62. The van der Waals surface area contributed by atoms with Gasteiger partial charge in [0.25, 0.3) is 0 Å². The first kappa shape index (κ1) is 16.8. The normalized spacial score (nSPS) is 10.8. The summed E-state index contributed by atoms with van der Waals surface area (Å²) in [5.41, 5.74) is 1.08. The fourth-order valence-electron chi connectivity index (χ4n) is 2.00. The molecule has 0 amide bonds. The Kier molecular flexibility index (Phi) is 8.02. The smallest absolute Gasteiger partial charge is 0.127 e. The van der Waals surface area contributed by atoms with Crippen LogP contribution in [0.1, 0.15) is 5.56 Å². The van der Waals surface area contributed by atoms with Gasteiger partial charge in [-0.2, -0.15) is 0 Å². The van der Waals surface area contributed by atoms with Crippen LogP contribution in [-0.4, -0.2) is 59.5 Å². The maximum atomic E-state index is 5.41. The van der Waals surface area contributed by atoms with Crippen molar-refractivity contribution in [3.63, 3.8) is 0 Å². The summed E-state index contributed by atoms with van der Waals surface area (Å²) >= 11 is 0. The Hall–Kier alpha value is -1.30. The molecular formula is C15H26N2O3. The number of methoxy groups -OCH3 is 3. The summed E-state index contributed by atoms with van der Waals surface area (Å²) in [5.74, 6) is 1.73. The van der Waals surface area contributed by atoms with Gasteiger partial charge in [0, 0.05) is 33.3 Å². The van der Waals surface area contributed by atoms with Crippen molar-refractivity contribution in [1.29, 1.82) is 0 Å². The van der Waals surface area contributed by atoms with Crippen LogP contribution in [0.2, 0.25) is 0 Å². The van der Waals surface area contributed by atoms with E-state index >= 15 is 0 Å². The molecule has 0 aliphatic carbocycles. The average molecular weight is 282 g/mol. The van der Waals surface area contributed by atoms with Gasteiger partial charge in [-0.15, -0.1) is 0 Å². The zero-order chi connectivity index (χ0) is 14.8. The minimum atomic E-state index is 0.740. The van der Waals surface area contributed by atoms with Crippen LogP contribution < -0.4 is 14.8 Å². The SMILES string of the molecule is COCCNCCN(C)Cc1c(OC)cccc1OC. The largest absolute Gasteiger partial charge is 0.496 e. The third-order valence-electron chi connectivity index (χ3n) is 3.11. The number of hydrogen-bond acceptors (Lipinski definition) is 5. The quantitative estimate of drug-likeness (QED) is 0.657. The molecule has 0 bridgehead atoms. The highest BCUT2D eigenvalue weighted by Gasteiger charge is 2.11. The molecule has 0 saturated heterocycles. The lowest BCUT2D eigenvalue weighted by molar-refractivity contribution is 0.197. The third-order valence-corrected chi connectivity index (χ3v) is 3.11. The van der Waals surface area contributed by atoms with E-state index in [9.17, 15) is 0 Å². The molecule has 5 heteroatoms. The minimum Gasteiger partial charge on any atom is -0.496 e. The van der Waals surface area contributed by atoms with Gasteiger partial charge in [-0.25, -0.2) is 0 Å². The molecule has 0 radical (unpaired) electrons. The lowest BCUT2D eigenvalue weighted by Crippen LogP contribution is -2.30. The topological polar surface area (TPSA) is 43.0 Å². The molecule has 1 N–H and O–H groups in total. The molecule has 0 heterocycles. The van der Waals surface area contributed by atoms with E-state index in [0.29, 0.717) is 0 Å². The molecular weight excluding hydrogens is 256 g/mol. The van der Waals surface area contributed by atoms with E-state index in [4.69, 9.17) is 14.2 Å². The first-order valence-electron chi connectivity index (χ1n) is 6.81. The molecule has 0 saturated carbocycles. The average Bonchev–Trinajstić information content (AvgIpc) is 2.47. The van der Waals surface area contributed by atoms with Crippen molar-refractivity contribution in [3.8, 4) is 11.5 Å². The Balaban J connectivity index is 2.50. The first-order chi connectivity index (χ1) is 9.72. The van der Waals surface area contributed by atoms with Crippen molar-refractivity contribution < 1.29 is 14.2 Å². The van der Waals surface area contributed by atoms with E-state index in [2.05, 4.69) is 17.3 Å². The summed E-state index contributed by atoms with van der Waals surface area (Å²) in [4.78, 5) is 2.24. The Morgan fingerprint density at radius 3 is 2.25 bits per heavy atom. The standard InChI is InChI=1S/C15H26N2O3/c1-17(10-8-16-9-11-18-2)12-13-14(19-3)6-5-7-15(13)20-4/h5-7,16H,8-12H2,1-4H3. The van der Waals surface area contributed by atoms with E-state index in [1.54, 1.807) is 21.3 Å². The highest BCUT2D eigenvalue weighted by atomic mass is 16.5. The monoisotopic (exact) mass is 282 g/mol. The number of benzene rings is 1. The van der Waals surface area contributed by atoms with Gasteiger partial charge in [0.15, 0.2) is 0 Å². The maximum absolute atomic E-state index is 5.41. The number of nitrogens with one attached hydrogen (secondary N) is 1. The second-order valence-electron chi connectivity index (χ2n) is 4.62. The fourth-order valence-corrected chi connectivity index (χ4v) is 2.00. The van der Waals surface area contributed by atoms with Crippen molar-refractivity contribution in [2.24, 2.45) is 0 Å². The van der Waals surface area contributed by atoms with E-state index in [-0.39, 0.29) is 0 Å². The molecule has 1 aromatic carbocycles. The number of likely N-dealkylation sites (N-methyl/N-ethyl adjacent to an activating group) is 1. The van der Waals surface area contributed by atoms with Crippen LogP contribution in [0.5, 0.6) is 11.5 Å².